The standard InChI is InChI=1S/C9H7NO5/c11-7-9(14)15-6-3-4(8(12)13)1-2-5(6)10-7/h1-3,9,14H,(H,10,11)(H,12,13). The Morgan fingerprint density at radius 3 is 2.87 bits per heavy atom. The number of nitrogens with one attached hydrogen (secondary N) is 1. The summed E-state index contributed by atoms with van der Waals surface area (Å²) in [6.07, 6.45) is -1.60. The van der Waals surface area contributed by atoms with E-state index in [2.05, 4.69) is 5.32 Å². The van der Waals surface area contributed by atoms with Crippen molar-refractivity contribution < 1.29 is 24.5 Å². The van der Waals surface area contributed by atoms with E-state index in [1.807, 2.05) is 0 Å². The van der Waals surface area contributed by atoms with Crippen LogP contribution in [-0.4, -0.2) is 28.4 Å². The molecular weight excluding hydrogens is 202 g/mol. The lowest BCUT2D eigenvalue weighted by atomic mass is 10.1. The highest BCUT2D eigenvalue weighted by atomic mass is 16.6. The van der Waals surface area contributed by atoms with Crippen molar-refractivity contribution in [2.45, 2.75) is 6.29 Å². The maximum atomic E-state index is 11.0. The Morgan fingerprint density at radius 1 is 1.47 bits per heavy atom. The summed E-state index contributed by atoms with van der Waals surface area (Å²) in [4.78, 5) is 21.6. The van der Waals surface area contributed by atoms with Gasteiger partial charge in [-0.3, -0.25) is 4.79 Å². The number of carboxylic acids is 1. The summed E-state index contributed by atoms with van der Waals surface area (Å²) >= 11 is 0. The molecule has 0 radical (unpaired) electrons. The lowest BCUT2D eigenvalue weighted by Crippen LogP contribution is -2.36. The molecule has 0 spiro atoms. The van der Waals surface area contributed by atoms with Crippen LogP contribution in [0.15, 0.2) is 18.2 Å². The molecular formula is C9H7NO5. The van der Waals surface area contributed by atoms with Crippen LogP contribution in [0.3, 0.4) is 0 Å². The SMILES string of the molecule is O=C(O)c1ccc2c(c1)OC(O)C(=O)N2. The first kappa shape index (κ1) is 9.47. The van der Waals surface area contributed by atoms with E-state index in [1.54, 1.807) is 0 Å². The Hall–Kier alpha value is -2.08. The molecule has 1 amide bonds. The Balaban J connectivity index is 2.41. The summed E-state index contributed by atoms with van der Waals surface area (Å²) in [5, 5.41) is 20.1. The smallest absolute Gasteiger partial charge is 0.335 e. The number of ether oxygens (including phenoxy) is 1. The van der Waals surface area contributed by atoms with E-state index in [0.29, 0.717) is 5.69 Å². The van der Waals surface area contributed by atoms with Gasteiger partial charge < -0.3 is 20.3 Å². The maximum absolute atomic E-state index is 11.0. The van der Waals surface area contributed by atoms with E-state index < -0.39 is 18.2 Å². The van der Waals surface area contributed by atoms with Gasteiger partial charge in [0.15, 0.2) is 0 Å². The predicted molar refractivity (Wildman–Crippen MR) is 48.7 cm³/mol. The Bertz CT molecular complexity index is 442. The number of fused-ring (bicyclic) bond motifs is 1. The van der Waals surface area contributed by atoms with Crippen LogP contribution in [0, 0.1) is 0 Å². The third kappa shape index (κ3) is 1.62. The predicted octanol–water partition coefficient (Wildman–Crippen LogP) is 0.0341. The summed E-state index contributed by atoms with van der Waals surface area (Å²) in [6.45, 7) is 0. The number of carbonyl (C=O) groups excluding carboxylic acids is 1. The fraction of sp³-hybridized carbons (Fsp3) is 0.111. The number of aromatic carboxylic acids is 1. The lowest BCUT2D eigenvalue weighted by molar-refractivity contribution is -0.139. The molecule has 15 heavy (non-hydrogen) atoms. The number of anilines is 1. The second-order valence-corrected chi connectivity index (χ2v) is 2.98. The van der Waals surface area contributed by atoms with Crippen LogP contribution < -0.4 is 10.1 Å². The summed E-state index contributed by atoms with van der Waals surface area (Å²) in [5.41, 5.74) is 0.368. The zero-order chi connectivity index (χ0) is 11.0. The molecule has 6 nitrogen and oxygen atoms in total. The van der Waals surface area contributed by atoms with Crippen LogP contribution in [0.2, 0.25) is 0 Å². The number of carbonyl (C=O) groups is 2. The average molecular weight is 209 g/mol. The van der Waals surface area contributed by atoms with Crippen molar-refractivity contribution in [3.05, 3.63) is 23.8 Å². The fourth-order valence-corrected chi connectivity index (χ4v) is 1.22. The summed E-state index contributed by atoms with van der Waals surface area (Å²) < 4.78 is 4.82. The Labute approximate surface area is 84.1 Å². The third-order valence-corrected chi connectivity index (χ3v) is 1.95. The number of aliphatic hydroxyl groups is 1. The number of hydrogen-bond donors (Lipinski definition) is 3. The van der Waals surface area contributed by atoms with Gasteiger partial charge >= 0.3 is 5.97 Å². The minimum atomic E-state index is -1.60. The largest absolute Gasteiger partial charge is 0.478 e. The number of amides is 1. The Morgan fingerprint density at radius 2 is 2.20 bits per heavy atom. The van der Waals surface area contributed by atoms with E-state index in [9.17, 15) is 9.59 Å². The van der Waals surface area contributed by atoms with Crippen molar-refractivity contribution in [2.24, 2.45) is 0 Å². The van der Waals surface area contributed by atoms with E-state index in [-0.39, 0.29) is 11.3 Å². The molecule has 1 aromatic rings. The molecule has 1 heterocycles. The fourth-order valence-electron chi connectivity index (χ4n) is 1.22. The monoisotopic (exact) mass is 209 g/mol. The molecule has 1 aromatic carbocycles. The van der Waals surface area contributed by atoms with E-state index in [0.717, 1.165) is 0 Å². The molecule has 1 atom stereocenters. The zero-order valence-corrected chi connectivity index (χ0v) is 7.43. The van der Waals surface area contributed by atoms with Gasteiger partial charge in [0.25, 0.3) is 12.2 Å². The molecule has 0 fully saturated rings. The third-order valence-electron chi connectivity index (χ3n) is 1.95. The van der Waals surface area contributed by atoms with Crippen molar-refractivity contribution in [1.29, 1.82) is 0 Å². The normalized spacial score (nSPS) is 18.7. The van der Waals surface area contributed by atoms with Crippen LogP contribution >= 0.6 is 0 Å². The van der Waals surface area contributed by atoms with Crippen molar-refractivity contribution in [3.63, 3.8) is 0 Å². The highest BCUT2D eigenvalue weighted by molar-refractivity contribution is 5.98. The maximum Gasteiger partial charge on any atom is 0.335 e. The molecule has 0 saturated heterocycles. The van der Waals surface area contributed by atoms with Gasteiger partial charge in [-0.05, 0) is 18.2 Å². The number of carboxylic acid groups (broad SMARTS) is 1. The van der Waals surface area contributed by atoms with E-state index >= 15 is 0 Å². The van der Waals surface area contributed by atoms with Crippen LogP contribution in [0.4, 0.5) is 5.69 Å². The van der Waals surface area contributed by atoms with Gasteiger partial charge in [-0.1, -0.05) is 0 Å². The van der Waals surface area contributed by atoms with Crippen molar-refractivity contribution in [3.8, 4) is 5.75 Å². The second kappa shape index (κ2) is 3.25. The average Bonchev–Trinajstić information content (AvgIpc) is 2.19. The first-order chi connectivity index (χ1) is 7.08. The number of benzene rings is 1. The molecule has 0 aromatic heterocycles. The highest BCUT2D eigenvalue weighted by Gasteiger charge is 2.25. The number of hydrogen-bond acceptors (Lipinski definition) is 4. The van der Waals surface area contributed by atoms with Gasteiger partial charge in [0, 0.05) is 0 Å². The zero-order valence-electron chi connectivity index (χ0n) is 7.43. The van der Waals surface area contributed by atoms with Crippen LogP contribution in [0.1, 0.15) is 10.4 Å². The van der Waals surface area contributed by atoms with Gasteiger partial charge in [0.1, 0.15) is 5.75 Å². The van der Waals surface area contributed by atoms with E-state index in [4.69, 9.17) is 14.9 Å². The molecule has 0 saturated carbocycles. The molecule has 1 aliphatic rings. The molecule has 2 rings (SSSR count). The molecule has 3 N–H and O–H groups in total. The van der Waals surface area contributed by atoms with Gasteiger partial charge in [-0.15, -0.1) is 0 Å². The summed E-state index contributed by atoms with van der Waals surface area (Å²) in [7, 11) is 0. The molecule has 78 valence electrons. The van der Waals surface area contributed by atoms with Crippen LogP contribution in [0.5, 0.6) is 5.75 Å². The number of rotatable bonds is 1. The first-order valence-corrected chi connectivity index (χ1v) is 4.11. The highest BCUT2D eigenvalue weighted by Crippen LogP contribution is 2.29. The molecule has 0 aliphatic carbocycles. The van der Waals surface area contributed by atoms with Crippen molar-refractivity contribution in [1.82, 2.24) is 0 Å². The molecule has 0 bridgehead atoms. The molecule has 1 unspecified atom stereocenters. The van der Waals surface area contributed by atoms with Gasteiger partial charge in [0.05, 0.1) is 11.3 Å². The van der Waals surface area contributed by atoms with Crippen molar-refractivity contribution >= 4 is 17.6 Å². The van der Waals surface area contributed by atoms with Gasteiger partial charge in [-0.2, -0.15) is 0 Å². The second-order valence-electron chi connectivity index (χ2n) is 2.98. The minimum absolute atomic E-state index is 0.0251. The summed E-state index contributed by atoms with van der Waals surface area (Å²) in [5.74, 6) is -1.64. The first-order valence-electron chi connectivity index (χ1n) is 4.11. The van der Waals surface area contributed by atoms with Crippen molar-refractivity contribution in [2.75, 3.05) is 5.32 Å². The van der Waals surface area contributed by atoms with Crippen LogP contribution in [0.25, 0.3) is 0 Å². The van der Waals surface area contributed by atoms with Crippen LogP contribution in [-0.2, 0) is 4.79 Å². The number of aliphatic hydroxyl groups excluding tert-OH is 1. The topological polar surface area (TPSA) is 95.9 Å². The Kier molecular flexibility index (Phi) is 2.05. The minimum Gasteiger partial charge on any atom is -0.478 e. The molecule has 6 heteroatoms. The van der Waals surface area contributed by atoms with Gasteiger partial charge in [0.2, 0.25) is 0 Å². The lowest BCUT2D eigenvalue weighted by Gasteiger charge is -2.22. The quantitative estimate of drug-likeness (QED) is 0.606. The van der Waals surface area contributed by atoms with E-state index in [1.165, 1.54) is 18.2 Å². The van der Waals surface area contributed by atoms with Gasteiger partial charge in [-0.25, -0.2) is 4.79 Å². The molecule has 1 aliphatic heterocycles. The summed E-state index contributed by atoms with van der Waals surface area (Å²) in [6, 6.07) is 3.98.